The van der Waals surface area contributed by atoms with E-state index in [4.69, 9.17) is 14.2 Å². The number of ether oxygens (including phenoxy) is 3. The van der Waals surface area contributed by atoms with E-state index in [-0.39, 0.29) is 11.8 Å². The Bertz CT molecular complexity index is 581. The molecule has 0 atom stereocenters. The van der Waals surface area contributed by atoms with Crippen LogP contribution in [0.4, 0.5) is 0 Å². The Morgan fingerprint density at radius 2 is 1.50 bits per heavy atom. The Kier molecular flexibility index (Phi) is 3.65. The van der Waals surface area contributed by atoms with Crippen molar-refractivity contribution in [3.63, 3.8) is 0 Å². The summed E-state index contributed by atoms with van der Waals surface area (Å²) in [5, 5.41) is 0. The summed E-state index contributed by atoms with van der Waals surface area (Å²) < 4.78 is 15.7. The highest BCUT2D eigenvalue weighted by Crippen LogP contribution is 2.40. The van der Waals surface area contributed by atoms with Gasteiger partial charge in [-0.3, -0.25) is 14.5 Å². The number of rotatable bonds is 4. The smallest absolute Gasteiger partial charge is 0.261 e. The van der Waals surface area contributed by atoms with Gasteiger partial charge in [-0.15, -0.1) is 0 Å². The number of hydrogen-bond donors (Lipinski definition) is 0. The molecule has 0 radical (unpaired) electrons. The van der Waals surface area contributed by atoms with Gasteiger partial charge in [-0.2, -0.15) is 0 Å². The lowest BCUT2D eigenvalue weighted by Gasteiger charge is -2.14. The Hall–Kier alpha value is -2.50. The largest absolute Gasteiger partial charge is 0.493 e. The van der Waals surface area contributed by atoms with Crippen molar-refractivity contribution >= 4 is 17.4 Å². The van der Waals surface area contributed by atoms with E-state index < -0.39 is 0 Å². The van der Waals surface area contributed by atoms with Gasteiger partial charge in [0, 0.05) is 13.1 Å². The highest BCUT2D eigenvalue weighted by molar-refractivity contribution is 6.33. The molecule has 20 heavy (non-hydrogen) atoms. The monoisotopic (exact) mass is 277 g/mol. The molecule has 2 rings (SSSR count). The van der Waals surface area contributed by atoms with E-state index in [0.717, 1.165) is 4.90 Å². The fraction of sp³-hybridized carbons (Fsp3) is 0.286. The Labute approximate surface area is 116 Å². The molecule has 6 heteroatoms. The maximum absolute atomic E-state index is 12.0. The summed E-state index contributed by atoms with van der Waals surface area (Å²) >= 11 is 0. The molecule has 0 aromatic heterocycles. The minimum atomic E-state index is -0.357. The summed E-state index contributed by atoms with van der Waals surface area (Å²) in [4.78, 5) is 24.6. The molecule has 0 unspecified atom stereocenters. The van der Waals surface area contributed by atoms with Gasteiger partial charge in [-0.25, -0.2) is 0 Å². The zero-order chi connectivity index (χ0) is 14.9. The molecule has 1 aliphatic heterocycles. The van der Waals surface area contributed by atoms with Crippen molar-refractivity contribution in [3.05, 3.63) is 23.8 Å². The molecule has 2 amide bonds. The molecule has 1 heterocycles. The van der Waals surface area contributed by atoms with E-state index in [1.165, 1.54) is 34.5 Å². The fourth-order valence-electron chi connectivity index (χ4n) is 2.01. The molecule has 0 saturated carbocycles. The molecule has 0 saturated heterocycles. The Morgan fingerprint density at radius 1 is 0.950 bits per heavy atom. The van der Waals surface area contributed by atoms with Crippen LogP contribution in [0.5, 0.6) is 17.2 Å². The highest BCUT2D eigenvalue weighted by atomic mass is 16.5. The lowest BCUT2D eigenvalue weighted by Crippen LogP contribution is -2.25. The second kappa shape index (κ2) is 5.24. The third kappa shape index (κ3) is 2.09. The Balaban J connectivity index is 2.57. The summed E-state index contributed by atoms with van der Waals surface area (Å²) in [6.07, 6.45) is 1.29. The molecule has 0 bridgehead atoms. The molecule has 0 fully saturated rings. The normalized spacial score (nSPS) is 14.4. The maximum atomic E-state index is 12.0. The van der Waals surface area contributed by atoms with Crippen LogP contribution in [0.25, 0.3) is 5.57 Å². The van der Waals surface area contributed by atoms with Crippen molar-refractivity contribution in [1.29, 1.82) is 0 Å². The quantitative estimate of drug-likeness (QED) is 0.771. The van der Waals surface area contributed by atoms with Crippen LogP contribution in [0.2, 0.25) is 0 Å². The molecule has 1 aromatic rings. The lowest BCUT2D eigenvalue weighted by atomic mass is 10.0. The first-order valence-electron chi connectivity index (χ1n) is 5.87. The van der Waals surface area contributed by atoms with Gasteiger partial charge < -0.3 is 14.2 Å². The molecule has 1 aliphatic rings. The molecule has 106 valence electrons. The van der Waals surface area contributed by atoms with Crippen LogP contribution in [-0.2, 0) is 9.59 Å². The third-order valence-corrected chi connectivity index (χ3v) is 3.11. The topological polar surface area (TPSA) is 65.1 Å². The van der Waals surface area contributed by atoms with E-state index in [1.807, 2.05) is 0 Å². The second-order valence-electron chi connectivity index (χ2n) is 4.17. The summed E-state index contributed by atoms with van der Waals surface area (Å²) in [5.74, 6) is 0.586. The first-order chi connectivity index (χ1) is 9.53. The molecular formula is C14H15NO5. The van der Waals surface area contributed by atoms with Crippen molar-refractivity contribution in [2.24, 2.45) is 0 Å². The predicted octanol–water partition coefficient (Wildman–Crippen LogP) is 1.09. The molecule has 6 nitrogen and oxygen atoms in total. The van der Waals surface area contributed by atoms with Gasteiger partial charge >= 0.3 is 0 Å². The first-order valence-corrected chi connectivity index (χ1v) is 5.87. The average molecular weight is 277 g/mol. The molecule has 0 aliphatic carbocycles. The Morgan fingerprint density at radius 3 is 1.85 bits per heavy atom. The predicted molar refractivity (Wildman–Crippen MR) is 71.9 cm³/mol. The standard InChI is InChI=1S/C14H15NO5/c1-15-12(16)7-9(14(15)17)8-5-10(18-2)13(20-4)11(6-8)19-3/h5-7H,1-4H3. The lowest BCUT2D eigenvalue weighted by molar-refractivity contribution is -0.134. The summed E-state index contributed by atoms with van der Waals surface area (Å²) in [7, 11) is 5.91. The number of benzene rings is 1. The number of hydrogen-bond acceptors (Lipinski definition) is 5. The fourth-order valence-corrected chi connectivity index (χ4v) is 2.01. The maximum Gasteiger partial charge on any atom is 0.261 e. The van der Waals surface area contributed by atoms with E-state index in [0.29, 0.717) is 28.4 Å². The minimum absolute atomic E-state index is 0.303. The first kappa shape index (κ1) is 13.9. The zero-order valence-electron chi connectivity index (χ0n) is 11.7. The number of amides is 2. The van der Waals surface area contributed by atoms with Crippen LogP contribution in [0, 0.1) is 0 Å². The van der Waals surface area contributed by atoms with Crippen LogP contribution in [0.1, 0.15) is 5.56 Å². The number of imide groups is 1. The van der Waals surface area contributed by atoms with E-state index >= 15 is 0 Å². The third-order valence-electron chi connectivity index (χ3n) is 3.11. The van der Waals surface area contributed by atoms with Crippen molar-refractivity contribution in [3.8, 4) is 17.2 Å². The van der Waals surface area contributed by atoms with Crippen molar-refractivity contribution < 1.29 is 23.8 Å². The van der Waals surface area contributed by atoms with Crippen molar-refractivity contribution in [2.45, 2.75) is 0 Å². The van der Waals surface area contributed by atoms with Gasteiger partial charge in [0.2, 0.25) is 5.75 Å². The highest BCUT2D eigenvalue weighted by Gasteiger charge is 2.29. The summed E-state index contributed by atoms with van der Waals surface area (Å²) in [6, 6.07) is 3.27. The molecule has 0 spiro atoms. The van der Waals surface area contributed by atoms with Crippen LogP contribution in [0.15, 0.2) is 18.2 Å². The summed E-state index contributed by atoms with van der Waals surface area (Å²) in [6.45, 7) is 0. The zero-order valence-corrected chi connectivity index (χ0v) is 11.7. The van der Waals surface area contributed by atoms with Gasteiger partial charge in [-0.1, -0.05) is 0 Å². The van der Waals surface area contributed by atoms with E-state index in [1.54, 1.807) is 12.1 Å². The van der Waals surface area contributed by atoms with Crippen molar-refractivity contribution in [1.82, 2.24) is 4.90 Å². The van der Waals surface area contributed by atoms with Crippen molar-refractivity contribution in [2.75, 3.05) is 28.4 Å². The number of nitrogens with zero attached hydrogens (tertiary/aromatic N) is 1. The van der Waals surface area contributed by atoms with E-state index in [9.17, 15) is 9.59 Å². The molecule has 1 aromatic carbocycles. The number of carbonyl (C=O) groups excluding carboxylic acids is 2. The van der Waals surface area contributed by atoms with Gasteiger partial charge in [0.25, 0.3) is 11.8 Å². The second-order valence-corrected chi connectivity index (χ2v) is 4.17. The number of methoxy groups -OCH3 is 3. The van der Waals surface area contributed by atoms with Crippen LogP contribution in [0.3, 0.4) is 0 Å². The van der Waals surface area contributed by atoms with Gasteiger partial charge in [0.05, 0.1) is 26.9 Å². The van der Waals surface area contributed by atoms with Crippen LogP contribution in [-0.4, -0.2) is 45.1 Å². The SMILES string of the molecule is COc1cc(C2=CC(=O)N(C)C2=O)cc(OC)c1OC. The molecule has 0 N–H and O–H groups in total. The minimum Gasteiger partial charge on any atom is -0.493 e. The van der Waals surface area contributed by atoms with E-state index in [2.05, 4.69) is 0 Å². The molecular weight excluding hydrogens is 262 g/mol. The van der Waals surface area contributed by atoms with Crippen LogP contribution >= 0.6 is 0 Å². The summed E-state index contributed by atoms with van der Waals surface area (Å²) in [5.41, 5.74) is 0.846. The van der Waals surface area contributed by atoms with Gasteiger partial charge in [-0.05, 0) is 17.7 Å². The van der Waals surface area contributed by atoms with Crippen LogP contribution < -0.4 is 14.2 Å². The van der Waals surface area contributed by atoms with Gasteiger partial charge in [0.1, 0.15) is 0 Å². The number of carbonyl (C=O) groups is 2. The van der Waals surface area contributed by atoms with Gasteiger partial charge in [0.15, 0.2) is 11.5 Å². The average Bonchev–Trinajstić information content (AvgIpc) is 2.73. The number of likely N-dealkylation sites (N-methyl/N-ethyl adjacent to an activating group) is 1.